The van der Waals surface area contributed by atoms with Gasteiger partial charge in [0, 0.05) is 24.7 Å². The van der Waals surface area contributed by atoms with E-state index in [1.54, 1.807) is 0 Å². The van der Waals surface area contributed by atoms with Crippen LogP contribution >= 0.6 is 0 Å². The van der Waals surface area contributed by atoms with Crippen LogP contribution in [0, 0.1) is 10.1 Å². The van der Waals surface area contributed by atoms with Gasteiger partial charge in [-0.25, -0.2) is 0 Å². The molecule has 1 heterocycles. The van der Waals surface area contributed by atoms with Crippen molar-refractivity contribution in [2.45, 2.75) is 18.9 Å². The number of piperidine rings is 1. The van der Waals surface area contributed by atoms with Crippen molar-refractivity contribution in [3.05, 3.63) is 28.3 Å². The van der Waals surface area contributed by atoms with Crippen LogP contribution in [0.15, 0.2) is 18.2 Å². The van der Waals surface area contributed by atoms with Gasteiger partial charge in [-0.1, -0.05) is 0 Å². The standard InChI is InChI=1S/C14H19N3O5/c1-21-13-7-11(4-5-12(13)17(19)20)22-9-14(18)16-10-3-2-6-15-8-10/h4-5,7,10,15H,2-3,6,8-9H2,1H3,(H,16,18)/t10-/m0/s1. The zero-order chi connectivity index (χ0) is 15.9. The van der Waals surface area contributed by atoms with Crippen molar-refractivity contribution < 1.29 is 19.2 Å². The van der Waals surface area contributed by atoms with Crippen LogP contribution in [-0.2, 0) is 4.79 Å². The molecule has 0 unspecified atom stereocenters. The fourth-order valence-electron chi connectivity index (χ4n) is 2.29. The summed E-state index contributed by atoms with van der Waals surface area (Å²) in [4.78, 5) is 22.1. The molecular weight excluding hydrogens is 290 g/mol. The summed E-state index contributed by atoms with van der Waals surface area (Å²) in [6.45, 7) is 1.60. The van der Waals surface area contributed by atoms with E-state index in [-0.39, 0.29) is 30.0 Å². The third-order valence-electron chi connectivity index (χ3n) is 3.38. The lowest BCUT2D eigenvalue weighted by atomic mass is 10.1. The van der Waals surface area contributed by atoms with E-state index < -0.39 is 4.92 Å². The number of ether oxygens (including phenoxy) is 2. The molecule has 1 aromatic rings. The molecule has 0 saturated carbocycles. The van der Waals surface area contributed by atoms with Gasteiger partial charge < -0.3 is 20.1 Å². The highest BCUT2D eigenvalue weighted by Gasteiger charge is 2.17. The second-order valence-electron chi connectivity index (χ2n) is 4.99. The summed E-state index contributed by atoms with van der Waals surface area (Å²) < 4.78 is 10.3. The lowest BCUT2D eigenvalue weighted by Gasteiger charge is -2.23. The minimum absolute atomic E-state index is 0.0967. The highest BCUT2D eigenvalue weighted by Crippen LogP contribution is 2.30. The third-order valence-corrected chi connectivity index (χ3v) is 3.38. The van der Waals surface area contributed by atoms with Crippen LogP contribution in [0.25, 0.3) is 0 Å². The normalized spacial score (nSPS) is 17.6. The number of hydrogen-bond acceptors (Lipinski definition) is 6. The van der Waals surface area contributed by atoms with Crippen molar-refractivity contribution in [2.75, 3.05) is 26.8 Å². The molecule has 22 heavy (non-hydrogen) atoms. The zero-order valence-electron chi connectivity index (χ0n) is 12.3. The molecule has 0 aromatic heterocycles. The molecule has 2 rings (SSSR count). The molecule has 1 saturated heterocycles. The van der Waals surface area contributed by atoms with Crippen molar-refractivity contribution >= 4 is 11.6 Å². The Hall–Kier alpha value is -2.35. The number of amides is 1. The molecule has 1 aromatic carbocycles. The molecule has 0 aliphatic carbocycles. The summed E-state index contributed by atoms with van der Waals surface area (Å²) in [5, 5.41) is 16.9. The fourth-order valence-corrected chi connectivity index (χ4v) is 2.29. The molecular formula is C14H19N3O5. The summed E-state index contributed by atoms with van der Waals surface area (Å²) >= 11 is 0. The lowest BCUT2D eigenvalue weighted by molar-refractivity contribution is -0.385. The smallest absolute Gasteiger partial charge is 0.311 e. The minimum Gasteiger partial charge on any atom is -0.490 e. The Balaban J connectivity index is 1.88. The first-order chi connectivity index (χ1) is 10.6. The largest absolute Gasteiger partial charge is 0.490 e. The first kappa shape index (κ1) is 16.0. The highest BCUT2D eigenvalue weighted by atomic mass is 16.6. The minimum atomic E-state index is -0.536. The monoisotopic (exact) mass is 309 g/mol. The average molecular weight is 309 g/mol. The van der Waals surface area contributed by atoms with Crippen LogP contribution in [0.2, 0.25) is 0 Å². The molecule has 1 amide bonds. The highest BCUT2D eigenvalue weighted by molar-refractivity contribution is 5.77. The van der Waals surface area contributed by atoms with Gasteiger partial charge in [-0.3, -0.25) is 14.9 Å². The van der Waals surface area contributed by atoms with Crippen molar-refractivity contribution in [3.63, 3.8) is 0 Å². The summed E-state index contributed by atoms with van der Waals surface area (Å²) in [7, 11) is 1.34. The van der Waals surface area contributed by atoms with E-state index >= 15 is 0 Å². The van der Waals surface area contributed by atoms with Crippen LogP contribution < -0.4 is 20.1 Å². The Bertz CT molecular complexity index is 543. The van der Waals surface area contributed by atoms with Gasteiger partial charge in [0.2, 0.25) is 5.75 Å². The van der Waals surface area contributed by atoms with E-state index in [9.17, 15) is 14.9 Å². The van der Waals surface area contributed by atoms with Crippen LogP contribution in [0.5, 0.6) is 11.5 Å². The molecule has 8 nitrogen and oxygen atoms in total. The maximum absolute atomic E-state index is 11.8. The first-order valence-electron chi connectivity index (χ1n) is 7.05. The van der Waals surface area contributed by atoms with Gasteiger partial charge in [0.25, 0.3) is 5.91 Å². The summed E-state index contributed by atoms with van der Waals surface area (Å²) in [6.07, 6.45) is 1.98. The average Bonchev–Trinajstić information content (AvgIpc) is 2.53. The Kier molecular flexibility index (Phi) is 5.54. The number of hydrogen-bond donors (Lipinski definition) is 2. The summed E-state index contributed by atoms with van der Waals surface area (Å²) in [5.41, 5.74) is -0.146. The molecule has 1 aliphatic heterocycles. The third kappa shape index (κ3) is 4.32. The Morgan fingerprint density at radius 1 is 1.55 bits per heavy atom. The molecule has 1 fully saturated rings. The van der Waals surface area contributed by atoms with Gasteiger partial charge in [0.1, 0.15) is 5.75 Å². The van der Waals surface area contributed by atoms with Crippen molar-refractivity contribution in [1.29, 1.82) is 0 Å². The number of nitro groups is 1. The Labute approximate surface area is 127 Å². The van der Waals surface area contributed by atoms with Crippen LogP contribution in [0.1, 0.15) is 12.8 Å². The number of benzene rings is 1. The van der Waals surface area contributed by atoms with Gasteiger partial charge in [0.05, 0.1) is 12.0 Å². The number of methoxy groups -OCH3 is 1. The molecule has 8 heteroatoms. The van der Waals surface area contributed by atoms with Gasteiger partial charge in [-0.15, -0.1) is 0 Å². The van der Waals surface area contributed by atoms with Gasteiger partial charge >= 0.3 is 5.69 Å². The molecule has 0 spiro atoms. The van der Waals surface area contributed by atoms with E-state index in [2.05, 4.69) is 10.6 Å². The second-order valence-corrected chi connectivity index (χ2v) is 4.99. The zero-order valence-corrected chi connectivity index (χ0v) is 12.3. The fraction of sp³-hybridized carbons (Fsp3) is 0.500. The van der Waals surface area contributed by atoms with Gasteiger partial charge in [0.15, 0.2) is 6.61 Å². The lowest BCUT2D eigenvalue weighted by Crippen LogP contribution is -2.46. The maximum atomic E-state index is 11.8. The predicted molar refractivity (Wildman–Crippen MR) is 79.2 cm³/mol. The van der Waals surface area contributed by atoms with Crippen LogP contribution in [0.3, 0.4) is 0 Å². The molecule has 1 atom stereocenters. The van der Waals surface area contributed by atoms with E-state index in [1.165, 1.54) is 25.3 Å². The molecule has 120 valence electrons. The van der Waals surface area contributed by atoms with Crippen LogP contribution in [0.4, 0.5) is 5.69 Å². The SMILES string of the molecule is COc1cc(OCC(=O)N[C@H]2CCCNC2)ccc1[N+](=O)[O-]. The Morgan fingerprint density at radius 2 is 2.36 bits per heavy atom. The van der Waals surface area contributed by atoms with E-state index in [0.717, 1.165) is 25.9 Å². The van der Waals surface area contributed by atoms with E-state index in [0.29, 0.717) is 5.75 Å². The topological polar surface area (TPSA) is 103 Å². The summed E-state index contributed by atoms with van der Waals surface area (Å²) in [6, 6.07) is 4.25. The number of nitrogens with one attached hydrogen (secondary N) is 2. The quantitative estimate of drug-likeness (QED) is 0.596. The number of nitro benzene ring substituents is 1. The molecule has 2 N–H and O–H groups in total. The van der Waals surface area contributed by atoms with E-state index in [1.807, 2.05) is 0 Å². The van der Waals surface area contributed by atoms with Gasteiger partial charge in [-0.05, 0) is 25.5 Å². The number of carbonyl (C=O) groups excluding carboxylic acids is 1. The molecule has 0 radical (unpaired) electrons. The predicted octanol–water partition coefficient (Wildman–Crippen LogP) is 0.850. The van der Waals surface area contributed by atoms with Crippen molar-refractivity contribution in [1.82, 2.24) is 10.6 Å². The maximum Gasteiger partial charge on any atom is 0.311 e. The second kappa shape index (κ2) is 7.60. The van der Waals surface area contributed by atoms with E-state index in [4.69, 9.17) is 9.47 Å². The van der Waals surface area contributed by atoms with Crippen molar-refractivity contribution in [2.24, 2.45) is 0 Å². The molecule has 1 aliphatic rings. The summed E-state index contributed by atoms with van der Waals surface area (Å²) in [5.74, 6) is 0.227. The first-order valence-corrected chi connectivity index (χ1v) is 7.05. The number of nitrogens with zero attached hydrogens (tertiary/aromatic N) is 1. The molecule has 0 bridgehead atoms. The number of rotatable bonds is 6. The van der Waals surface area contributed by atoms with Crippen molar-refractivity contribution in [3.8, 4) is 11.5 Å². The van der Waals surface area contributed by atoms with Crippen LogP contribution in [-0.4, -0.2) is 43.7 Å². The number of carbonyl (C=O) groups is 1. The Morgan fingerprint density at radius 3 is 3.00 bits per heavy atom. The van der Waals surface area contributed by atoms with Gasteiger partial charge in [-0.2, -0.15) is 0 Å².